The lowest BCUT2D eigenvalue weighted by atomic mass is 9.96. The van der Waals surface area contributed by atoms with E-state index in [1.54, 1.807) is 11.3 Å². The molecule has 2 aromatic heterocycles. The first-order valence-electron chi connectivity index (χ1n) is 9.08. The molecule has 1 aliphatic carbocycles. The summed E-state index contributed by atoms with van der Waals surface area (Å²) < 4.78 is 2.33. The van der Waals surface area contributed by atoms with Crippen LogP contribution < -0.4 is 0 Å². The molecule has 0 atom stereocenters. The van der Waals surface area contributed by atoms with Gasteiger partial charge in [0.2, 0.25) is 0 Å². The Balaban J connectivity index is 1.62. The second kappa shape index (κ2) is 7.30. The Bertz CT molecular complexity index is 1110. The third kappa shape index (κ3) is 3.40. The van der Waals surface area contributed by atoms with E-state index in [1.807, 2.05) is 17.6 Å². The Morgan fingerprint density at radius 3 is 2.63 bits per heavy atom. The minimum absolute atomic E-state index is 1.08. The number of rotatable bonds is 3. The number of thiazole rings is 1. The van der Waals surface area contributed by atoms with E-state index in [2.05, 4.69) is 64.5 Å². The molecule has 4 aromatic rings. The van der Waals surface area contributed by atoms with E-state index in [1.165, 1.54) is 40.0 Å². The number of thiophene rings is 1. The van der Waals surface area contributed by atoms with E-state index in [-0.39, 0.29) is 0 Å². The van der Waals surface area contributed by atoms with Crippen LogP contribution >= 0.6 is 38.6 Å². The Kier molecular flexibility index (Phi) is 4.68. The number of para-hydroxylation sites is 1. The molecule has 0 radical (unpaired) electrons. The third-order valence-electron chi connectivity index (χ3n) is 4.86. The molecule has 5 rings (SSSR count). The van der Waals surface area contributed by atoms with E-state index >= 15 is 0 Å². The lowest BCUT2D eigenvalue weighted by molar-refractivity contribution is 0.698. The van der Waals surface area contributed by atoms with E-state index < -0.39 is 0 Å². The van der Waals surface area contributed by atoms with Gasteiger partial charge < -0.3 is 0 Å². The molecule has 2 aromatic carbocycles. The zero-order valence-electron chi connectivity index (χ0n) is 14.6. The normalized spacial score (nSPS) is 14.1. The van der Waals surface area contributed by atoms with Gasteiger partial charge in [-0.15, -0.1) is 22.7 Å². The fraction of sp³-hybridized carbons (Fsp3) is 0.182. The Labute approximate surface area is 174 Å². The van der Waals surface area contributed by atoms with Crippen LogP contribution in [0.15, 0.2) is 58.0 Å². The van der Waals surface area contributed by atoms with Crippen LogP contribution in [0, 0.1) is 0 Å². The molecule has 0 spiro atoms. The first-order valence-corrected chi connectivity index (χ1v) is 11.5. The summed E-state index contributed by atoms with van der Waals surface area (Å²) in [5.41, 5.74) is 4.94. The number of aliphatic imine (C=N–C) groups is 1. The van der Waals surface area contributed by atoms with Crippen LogP contribution in [0.1, 0.15) is 28.8 Å². The van der Waals surface area contributed by atoms with Crippen LogP contribution in [0.25, 0.3) is 20.8 Å². The number of halogens is 1. The van der Waals surface area contributed by atoms with Crippen molar-refractivity contribution in [3.63, 3.8) is 0 Å². The van der Waals surface area contributed by atoms with Crippen molar-refractivity contribution >= 4 is 60.0 Å². The summed E-state index contributed by atoms with van der Waals surface area (Å²) in [4.78, 5) is 11.3. The van der Waals surface area contributed by atoms with Crippen LogP contribution in [0.5, 0.6) is 0 Å². The average molecular weight is 453 g/mol. The van der Waals surface area contributed by atoms with Gasteiger partial charge in [-0.3, -0.25) is 0 Å². The fourth-order valence-electron chi connectivity index (χ4n) is 3.52. The predicted octanol–water partition coefficient (Wildman–Crippen LogP) is 7.42. The minimum atomic E-state index is 1.08. The van der Waals surface area contributed by atoms with Crippen LogP contribution in [0.2, 0.25) is 0 Å². The van der Waals surface area contributed by atoms with Crippen molar-refractivity contribution in [2.75, 3.05) is 0 Å². The molecular formula is C22H17BrN2S2. The van der Waals surface area contributed by atoms with Crippen LogP contribution in [-0.4, -0.2) is 11.2 Å². The van der Waals surface area contributed by atoms with Crippen molar-refractivity contribution < 1.29 is 0 Å². The molecule has 0 aliphatic heterocycles. The van der Waals surface area contributed by atoms with Crippen molar-refractivity contribution in [3.8, 4) is 10.6 Å². The number of hydrogen-bond acceptors (Lipinski definition) is 4. The molecule has 27 heavy (non-hydrogen) atoms. The second-order valence-electron chi connectivity index (χ2n) is 6.69. The molecule has 2 heterocycles. The monoisotopic (exact) mass is 452 g/mol. The molecule has 0 saturated heterocycles. The molecular weight excluding hydrogens is 436 g/mol. The van der Waals surface area contributed by atoms with Crippen molar-refractivity contribution in [2.45, 2.75) is 25.7 Å². The van der Waals surface area contributed by atoms with Gasteiger partial charge in [-0.1, -0.05) is 40.2 Å². The molecule has 0 bridgehead atoms. The Hall–Kier alpha value is -1.82. The van der Waals surface area contributed by atoms with E-state index in [4.69, 9.17) is 9.98 Å². The SMILES string of the molecule is Brc1ccc(C=Nc2sc3c(c2-c2nc4ccccc4s2)CCCC3)cc1. The van der Waals surface area contributed by atoms with E-state index in [0.29, 0.717) is 0 Å². The number of benzene rings is 2. The zero-order valence-corrected chi connectivity index (χ0v) is 17.8. The van der Waals surface area contributed by atoms with Gasteiger partial charge in [0.25, 0.3) is 0 Å². The maximum absolute atomic E-state index is 4.94. The van der Waals surface area contributed by atoms with Crippen molar-refractivity contribution in [1.29, 1.82) is 0 Å². The summed E-state index contributed by atoms with van der Waals surface area (Å²) in [5.74, 6) is 0. The van der Waals surface area contributed by atoms with Gasteiger partial charge in [0.05, 0.1) is 15.8 Å². The van der Waals surface area contributed by atoms with E-state index in [0.717, 1.165) is 32.0 Å². The molecule has 0 N–H and O–H groups in total. The zero-order chi connectivity index (χ0) is 18.2. The quantitative estimate of drug-likeness (QED) is 0.297. The summed E-state index contributed by atoms with van der Waals surface area (Å²) in [7, 11) is 0. The van der Waals surface area contributed by atoms with Gasteiger partial charge in [0, 0.05) is 15.6 Å². The summed E-state index contributed by atoms with van der Waals surface area (Å²) in [6.07, 6.45) is 6.83. The smallest absolute Gasteiger partial charge is 0.127 e. The van der Waals surface area contributed by atoms with E-state index in [9.17, 15) is 0 Å². The van der Waals surface area contributed by atoms with Gasteiger partial charge in [-0.25, -0.2) is 9.98 Å². The summed E-state index contributed by atoms with van der Waals surface area (Å²) in [5, 5.41) is 2.21. The van der Waals surface area contributed by atoms with Crippen molar-refractivity contribution in [2.24, 2.45) is 4.99 Å². The molecule has 5 heteroatoms. The van der Waals surface area contributed by atoms with Gasteiger partial charge in [0.15, 0.2) is 0 Å². The molecule has 0 unspecified atom stereocenters. The molecule has 0 saturated carbocycles. The standard InChI is InChI=1S/C22H17BrN2S2/c23-15-11-9-14(10-12-15)13-24-21-20(16-5-1-3-7-18(16)26-21)22-25-17-6-2-4-8-19(17)27-22/h2,4,6,8-13H,1,3,5,7H2. The van der Waals surface area contributed by atoms with Crippen LogP contribution in [0.3, 0.4) is 0 Å². The number of nitrogens with zero attached hydrogens (tertiary/aromatic N) is 2. The van der Waals surface area contributed by atoms with Crippen LogP contribution in [-0.2, 0) is 12.8 Å². The van der Waals surface area contributed by atoms with Gasteiger partial charge in [0.1, 0.15) is 10.0 Å². The Morgan fingerprint density at radius 1 is 0.963 bits per heavy atom. The highest BCUT2D eigenvalue weighted by Crippen LogP contribution is 2.47. The topological polar surface area (TPSA) is 25.2 Å². The van der Waals surface area contributed by atoms with Gasteiger partial charge >= 0.3 is 0 Å². The second-order valence-corrected chi connectivity index (χ2v) is 9.72. The molecule has 1 aliphatic rings. The number of aryl methyl sites for hydroxylation is 1. The highest BCUT2D eigenvalue weighted by molar-refractivity contribution is 9.10. The molecule has 0 amide bonds. The maximum Gasteiger partial charge on any atom is 0.127 e. The lowest BCUT2D eigenvalue weighted by Gasteiger charge is -2.11. The van der Waals surface area contributed by atoms with Crippen molar-refractivity contribution in [1.82, 2.24) is 4.98 Å². The number of fused-ring (bicyclic) bond motifs is 2. The fourth-order valence-corrected chi connectivity index (χ4v) is 6.13. The van der Waals surface area contributed by atoms with Crippen molar-refractivity contribution in [3.05, 3.63) is 69.0 Å². The molecule has 0 fully saturated rings. The average Bonchev–Trinajstić information content (AvgIpc) is 3.28. The maximum atomic E-state index is 4.94. The summed E-state index contributed by atoms with van der Waals surface area (Å²) in [6.45, 7) is 0. The summed E-state index contributed by atoms with van der Waals surface area (Å²) >= 11 is 7.12. The number of hydrogen-bond donors (Lipinski definition) is 0. The number of aromatic nitrogens is 1. The first-order chi connectivity index (χ1) is 13.3. The highest BCUT2D eigenvalue weighted by Gasteiger charge is 2.23. The minimum Gasteiger partial charge on any atom is -0.245 e. The third-order valence-corrected chi connectivity index (χ3v) is 7.64. The van der Waals surface area contributed by atoms with Gasteiger partial charge in [-0.05, 0) is 61.1 Å². The Morgan fingerprint density at radius 2 is 1.78 bits per heavy atom. The van der Waals surface area contributed by atoms with Gasteiger partial charge in [-0.2, -0.15) is 0 Å². The summed E-state index contributed by atoms with van der Waals surface area (Å²) in [6, 6.07) is 16.7. The predicted molar refractivity (Wildman–Crippen MR) is 121 cm³/mol. The highest BCUT2D eigenvalue weighted by atomic mass is 79.9. The first kappa shape index (κ1) is 17.3. The lowest BCUT2D eigenvalue weighted by Crippen LogP contribution is -1.99. The van der Waals surface area contributed by atoms with Crippen LogP contribution in [0.4, 0.5) is 5.00 Å². The molecule has 2 nitrogen and oxygen atoms in total. The molecule has 134 valence electrons. The largest absolute Gasteiger partial charge is 0.245 e.